The Morgan fingerprint density at radius 1 is 1.05 bits per heavy atom. The maximum Gasteiger partial charge on any atom is 0.195 e. The minimum atomic E-state index is 0.0263. The Morgan fingerprint density at radius 2 is 1.80 bits per heavy atom. The summed E-state index contributed by atoms with van der Waals surface area (Å²) in [4.78, 5) is 12.8. The van der Waals surface area contributed by atoms with Crippen molar-refractivity contribution in [1.29, 1.82) is 0 Å². The van der Waals surface area contributed by atoms with Crippen LogP contribution in [0.5, 0.6) is 0 Å². The number of ketones is 1. The third-order valence-corrected chi connectivity index (χ3v) is 3.78. The third kappa shape index (κ3) is 2.60. The Labute approximate surface area is 120 Å². The van der Waals surface area contributed by atoms with E-state index < -0.39 is 0 Å². The van der Waals surface area contributed by atoms with Gasteiger partial charge in [-0.05, 0) is 48.6 Å². The van der Waals surface area contributed by atoms with Crippen LogP contribution < -0.4 is 5.73 Å². The first-order valence-corrected chi connectivity index (χ1v) is 7.10. The van der Waals surface area contributed by atoms with Crippen molar-refractivity contribution in [1.82, 2.24) is 0 Å². The van der Waals surface area contributed by atoms with Gasteiger partial charge in [0.1, 0.15) is 0 Å². The van der Waals surface area contributed by atoms with Crippen LogP contribution in [0.2, 0.25) is 0 Å². The first-order valence-electron chi connectivity index (χ1n) is 7.10. The van der Waals surface area contributed by atoms with Crippen LogP contribution in [0, 0.1) is 6.92 Å². The number of nitrogens with two attached hydrogens (primary N) is 1. The summed E-state index contributed by atoms with van der Waals surface area (Å²) >= 11 is 0. The van der Waals surface area contributed by atoms with Crippen molar-refractivity contribution in [3.05, 3.63) is 64.2 Å². The molecule has 0 heterocycles. The molecule has 20 heavy (non-hydrogen) atoms. The lowest BCUT2D eigenvalue weighted by molar-refractivity contribution is 0.103. The van der Waals surface area contributed by atoms with Gasteiger partial charge in [0.25, 0.3) is 0 Å². The molecule has 2 N–H and O–H groups in total. The Hall–Kier alpha value is -2.09. The SMILES string of the molecule is CCc1ccc(CC)c(C(=O)c2cccc(C)c2N)c1. The number of hydrogen-bond donors (Lipinski definition) is 1. The summed E-state index contributed by atoms with van der Waals surface area (Å²) in [6.45, 7) is 6.09. The van der Waals surface area contributed by atoms with Gasteiger partial charge in [0, 0.05) is 16.8 Å². The van der Waals surface area contributed by atoms with Gasteiger partial charge < -0.3 is 5.73 Å². The van der Waals surface area contributed by atoms with Gasteiger partial charge in [-0.1, -0.05) is 38.1 Å². The third-order valence-electron chi connectivity index (χ3n) is 3.78. The van der Waals surface area contributed by atoms with Crippen LogP contribution in [-0.2, 0) is 12.8 Å². The molecule has 0 fully saturated rings. The summed E-state index contributed by atoms with van der Waals surface area (Å²) in [5, 5.41) is 0. The van der Waals surface area contributed by atoms with Crippen LogP contribution in [0.15, 0.2) is 36.4 Å². The van der Waals surface area contributed by atoms with Crippen molar-refractivity contribution in [2.75, 3.05) is 5.73 Å². The molecule has 2 nitrogen and oxygen atoms in total. The van der Waals surface area contributed by atoms with Crippen LogP contribution in [0.3, 0.4) is 0 Å². The lowest BCUT2D eigenvalue weighted by Crippen LogP contribution is -2.09. The van der Waals surface area contributed by atoms with Gasteiger partial charge >= 0.3 is 0 Å². The summed E-state index contributed by atoms with van der Waals surface area (Å²) < 4.78 is 0. The first-order chi connectivity index (χ1) is 9.58. The fourth-order valence-electron chi connectivity index (χ4n) is 2.39. The molecule has 0 saturated carbocycles. The van der Waals surface area contributed by atoms with Gasteiger partial charge in [-0.3, -0.25) is 4.79 Å². The molecule has 2 rings (SSSR count). The highest BCUT2D eigenvalue weighted by atomic mass is 16.1. The number of benzene rings is 2. The van der Waals surface area contributed by atoms with E-state index in [9.17, 15) is 4.79 Å². The zero-order valence-electron chi connectivity index (χ0n) is 12.4. The van der Waals surface area contributed by atoms with Crippen molar-refractivity contribution < 1.29 is 4.79 Å². The number of carbonyl (C=O) groups is 1. The Morgan fingerprint density at radius 3 is 2.45 bits per heavy atom. The molecule has 0 bridgehead atoms. The van der Waals surface area contributed by atoms with Crippen molar-refractivity contribution >= 4 is 11.5 Å². The zero-order chi connectivity index (χ0) is 14.7. The van der Waals surface area contributed by atoms with Crippen molar-refractivity contribution in [3.63, 3.8) is 0 Å². The number of carbonyl (C=O) groups excluding carboxylic acids is 1. The van der Waals surface area contributed by atoms with E-state index in [1.165, 1.54) is 5.56 Å². The number of anilines is 1. The monoisotopic (exact) mass is 267 g/mol. The molecule has 0 aliphatic carbocycles. The van der Waals surface area contributed by atoms with Crippen LogP contribution >= 0.6 is 0 Å². The molecule has 104 valence electrons. The molecule has 2 aromatic rings. The van der Waals surface area contributed by atoms with Crippen LogP contribution in [-0.4, -0.2) is 5.78 Å². The molecular formula is C18H21NO. The van der Waals surface area contributed by atoms with E-state index in [4.69, 9.17) is 5.73 Å². The van der Waals surface area contributed by atoms with Gasteiger partial charge in [-0.25, -0.2) is 0 Å². The first kappa shape index (κ1) is 14.3. The van der Waals surface area contributed by atoms with Crippen molar-refractivity contribution in [2.45, 2.75) is 33.6 Å². The summed E-state index contributed by atoms with van der Waals surface area (Å²) in [7, 11) is 0. The lowest BCUT2D eigenvalue weighted by Gasteiger charge is -2.12. The molecular weight excluding hydrogens is 246 g/mol. The van der Waals surface area contributed by atoms with E-state index >= 15 is 0 Å². The normalized spacial score (nSPS) is 10.6. The number of rotatable bonds is 4. The average Bonchev–Trinajstić information content (AvgIpc) is 2.48. The van der Waals surface area contributed by atoms with Gasteiger partial charge in [0.15, 0.2) is 5.78 Å². The van der Waals surface area contributed by atoms with E-state index in [0.29, 0.717) is 11.3 Å². The summed E-state index contributed by atoms with van der Waals surface area (Å²) in [5.74, 6) is 0.0263. The predicted molar refractivity (Wildman–Crippen MR) is 84.2 cm³/mol. The molecule has 0 unspecified atom stereocenters. The fraction of sp³-hybridized carbons (Fsp3) is 0.278. The molecule has 0 aliphatic heterocycles. The predicted octanol–water partition coefficient (Wildman–Crippen LogP) is 3.93. The van der Waals surface area contributed by atoms with Crippen molar-refractivity contribution in [3.8, 4) is 0 Å². The second-order valence-corrected chi connectivity index (χ2v) is 5.06. The van der Waals surface area contributed by atoms with Crippen LogP contribution in [0.4, 0.5) is 5.69 Å². The van der Waals surface area contributed by atoms with E-state index in [0.717, 1.165) is 29.5 Å². The topological polar surface area (TPSA) is 43.1 Å². The highest BCUT2D eigenvalue weighted by molar-refractivity contribution is 6.13. The fourth-order valence-corrected chi connectivity index (χ4v) is 2.39. The highest BCUT2D eigenvalue weighted by Crippen LogP contribution is 2.23. The molecule has 0 spiro atoms. The second-order valence-electron chi connectivity index (χ2n) is 5.06. The maximum atomic E-state index is 12.8. The smallest absolute Gasteiger partial charge is 0.195 e. The number of hydrogen-bond acceptors (Lipinski definition) is 2. The number of para-hydroxylation sites is 1. The molecule has 0 amide bonds. The largest absolute Gasteiger partial charge is 0.398 e. The molecule has 2 aromatic carbocycles. The van der Waals surface area contributed by atoms with E-state index in [1.807, 2.05) is 31.2 Å². The standard InChI is InChI=1S/C18H21NO/c1-4-13-9-10-14(5-2)16(11-13)18(20)15-8-6-7-12(3)17(15)19/h6-11H,4-5,19H2,1-3H3. The van der Waals surface area contributed by atoms with Crippen LogP contribution in [0.25, 0.3) is 0 Å². The molecule has 0 aromatic heterocycles. The highest BCUT2D eigenvalue weighted by Gasteiger charge is 2.16. The number of nitrogen functional groups attached to an aromatic ring is 1. The average molecular weight is 267 g/mol. The van der Waals surface area contributed by atoms with E-state index in [-0.39, 0.29) is 5.78 Å². The van der Waals surface area contributed by atoms with Gasteiger partial charge in [-0.15, -0.1) is 0 Å². The zero-order valence-corrected chi connectivity index (χ0v) is 12.4. The molecule has 0 atom stereocenters. The Bertz CT molecular complexity index is 644. The molecule has 0 radical (unpaired) electrons. The van der Waals surface area contributed by atoms with Gasteiger partial charge in [0.05, 0.1) is 0 Å². The van der Waals surface area contributed by atoms with Gasteiger partial charge in [-0.2, -0.15) is 0 Å². The molecule has 2 heteroatoms. The maximum absolute atomic E-state index is 12.8. The van der Waals surface area contributed by atoms with E-state index in [1.54, 1.807) is 0 Å². The van der Waals surface area contributed by atoms with E-state index in [2.05, 4.69) is 26.0 Å². The Balaban J connectivity index is 2.55. The van der Waals surface area contributed by atoms with Crippen LogP contribution in [0.1, 0.15) is 46.5 Å². The molecule has 0 saturated heterocycles. The summed E-state index contributed by atoms with van der Waals surface area (Å²) in [6, 6.07) is 11.8. The minimum Gasteiger partial charge on any atom is -0.398 e. The molecule has 0 aliphatic rings. The van der Waals surface area contributed by atoms with Gasteiger partial charge in [0.2, 0.25) is 0 Å². The summed E-state index contributed by atoms with van der Waals surface area (Å²) in [5.41, 5.74) is 11.2. The lowest BCUT2D eigenvalue weighted by atomic mass is 9.93. The second kappa shape index (κ2) is 5.91. The van der Waals surface area contributed by atoms with Crippen molar-refractivity contribution in [2.24, 2.45) is 0 Å². The quantitative estimate of drug-likeness (QED) is 0.673. The minimum absolute atomic E-state index is 0.0263. The summed E-state index contributed by atoms with van der Waals surface area (Å²) in [6.07, 6.45) is 1.77. The Kier molecular flexibility index (Phi) is 4.23. The number of aryl methyl sites for hydroxylation is 3.